The van der Waals surface area contributed by atoms with E-state index in [0.717, 1.165) is 23.6 Å². The summed E-state index contributed by atoms with van der Waals surface area (Å²) in [4.78, 5) is 4.45. The molecule has 1 fully saturated rings. The zero-order chi connectivity index (χ0) is 13.0. The van der Waals surface area contributed by atoms with E-state index in [-0.39, 0.29) is 4.90 Å². The largest absolute Gasteiger partial charge is 0.249 e. The van der Waals surface area contributed by atoms with E-state index < -0.39 is 10.0 Å². The van der Waals surface area contributed by atoms with Gasteiger partial charge in [-0.3, -0.25) is 0 Å². The van der Waals surface area contributed by atoms with Crippen molar-refractivity contribution in [2.45, 2.75) is 22.8 Å². The molecule has 0 saturated carbocycles. The summed E-state index contributed by atoms with van der Waals surface area (Å²) in [5.41, 5.74) is 0. The normalized spacial score (nSPS) is 16.9. The van der Waals surface area contributed by atoms with Crippen LogP contribution >= 0.6 is 11.8 Å². The Morgan fingerprint density at radius 2 is 2.11 bits per heavy atom. The molecule has 2 heterocycles. The van der Waals surface area contributed by atoms with E-state index in [1.54, 1.807) is 18.2 Å². The fraction of sp³-hybridized carbons (Fsp3) is 0.417. The highest BCUT2D eigenvalue weighted by molar-refractivity contribution is 7.99. The van der Waals surface area contributed by atoms with Gasteiger partial charge in [-0.15, -0.1) is 18.3 Å². The molecule has 4 nitrogen and oxygen atoms in total. The van der Waals surface area contributed by atoms with Crippen LogP contribution < -0.4 is 0 Å². The number of hydrogen-bond donors (Lipinski definition) is 0. The van der Waals surface area contributed by atoms with E-state index in [2.05, 4.69) is 11.6 Å². The van der Waals surface area contributed by atoms with Crippen molar-refractivity contribution in [3.8, 4) is 0 Å². The quantitative estimate of drug-likeness (QED) is 0.614. The number of hydrogen-bond acceptors (Lipinski definition) is 4. The van der Waals surface area contributed by atoms with Crippen molar-refractivity contribution in [3.63, 3.8) is 0 Å². The van der Waals surface area contributed by atoms with Gasteiger partial charge in [0, 0.05) is 25.0 Å². The van der Waals surface area contributed by atoms with Crippen molar-refractivity contribution in [1.82, 2.24) is 9.29 Å². The van der Waals surface area contributed by atoms with Crippen LogP contribution in [0.2, 0.25) is 0 Å². The molecule has 0 aromatic carbocycles. The summed E-state index contributed by atoms with van der Waals surface area (Å²) in [7, 11) is -3.33. The number of sulfonamides is 1. The number of aromatic nitrogens is 1. The first kappa shape index (κ1) is 13.6. The van der Waals surface area contributed by atoms with E-state index in [1.165, 1.54) is 22.3 Å². The summed E-state index contributed by atoms with van der Waals surface area (Å²) in [6.07, 6.45) is 5.13. The molecule has 98 valence electrons. The summed E-state index contributed by atoms with van der Waals surface area (Å²) in [6.45, 7) is 4.87. The van der Waals surface area contributed by atoms with Crippen molar-refractivity contribution in [2.24, 2.45) is 0 Å². The summed E-state index contributed by atoms with van der Waals surface area (Å²) in [5, 5.41) is 0.815. The van der Waals surface area contributed by atoms with Gasteiger partial charge in [0.05, 0.1) is 5.03 Å². The predicted molar refractivity (Wildman–Crippen MR) is 73.2 cm³/mol. The van der Waals surface area contributed by atoms with Gasteiger partial charge in [0.1, 0.15) is 4.90 Å². The van der Waals surface area contributed by atoms with Crippen LogP contribution in [0, 0.1) is 0 Å². The average Bonchev–Trinajstić information content (AvgIpc) is 2.91. The minimum Gasteiger partial charge on any atom is -0.249 e. The Morgan fingerprint density at radius 3 is 2.67 bits per heavy atom. The van der Waals surface area contributed by atoms with E-state index >= 15 is 0 Å². The van der Waals surface area contributed by atoms with E-state index in [0.29, 0.717) is 13.1 Å². The van der Waals surface area contributed by atoms with E-state index in [4.69, 9.17) is 0 Å². The Hall–Kier alpha value is -0.850. The van der Waals surface area contributed by atoms with Crippen LogP contribution in [0.15, 0.2) is 40.9 Å². The lowest BCUT2D eigenvalue weighted by Gasteiger charge is -2.15. The molecule has 1 aromatic rings. The lowest BCUT2D eigenvalue weighted by molar-refractivity contribution is 0.477. The smallest absolute Gasteiger partial charge is 0.244 e. The molecule has 1 aliphatic rings. The predicted octanol–water partition coefficient (Wildman–Crippen LogP) is 2.14. The van der Waals surface area contributed by atoms with Crippen molar-refractivity contribution >= 4 is 21.8 Å². The molecule has 1 aromatic heterocycles. The molecule has 0 bridgehead atoms. The van der Waals surface area contributed by atoms with Gasteiger partial charge in [-0.25, -0.2) is 13.4 Å². The van der Waals surface area contributed by atoms with E-state index in [1.807, 2.05) is 0 Å². The maximum Gasteiger partial charge on any atom is 0.244 e. The van der Waals surface area contributed by atoms with Crippen LogP contribution in [-0.2, 0) is 10.0 Å². The third-order valence-electron chi connectivity index (χ3n) is 2.76. The standard InChI is InChI=1S/C12H16N2O2S2/c1-2-9-17-12-6-5-11(10-13-12)18(15,16)14-7-3-4-8-14/h2,5-6,10H,1,3-4,7-9H2. The lowest BCUT2D eigenvalue weighted by atomic mass is 10.4. The molecule has 0 radical (unpaired) electrons. The van der Waals surface area contributed by atoms with Gasteiger partial charge in [-0.2, -0.15) is 4.31 Å². The van der Waals surface area contributed by atoms with Gasteiger partial charge in [-0.1, -0.05) is 6.08 Å². The first-order valence-electron chi connectivity index (χ1n) is 5.84. The highest BCUT2D eigenvalue weighted by Gasteiger charge is 2.27. The third-order valence-corrected chi connectivity index (χ3v) is 5.58. The molecule has 0 unspecified atom stereocenters. The van der Waals surface area contributed by atoms with E-state index in [9.17, 15) is 8.42 Å². The minimum atomic E-state index is -3.33. The third kappa shape index (κ3) is 2.93. The Labute approximate surface area is 112 Å². The molecule has 0 atom stereocenters. The summed E-state index contributed by atoms with van der Waals surface area (Å²) in [5.74, 6) is 0.769. The molecule has 0 aliphatic carbocycles. The highest BCUT2D eigenvalue weighted by Crippen LogP contribution is 2.22. The lowest BCUT2D eigenvalue weighted by Crippen LogP contribution is -2.27. The zero-order valence-corrected chi connectivity index (χ0v) is 11.7. The van der Waals surface area contributed by atoms with Gasteiger partial charge in [0.25, 0.3) is 0 Å². The topological polar surface area (TPSA) is 50.3 Å². The van der Waals surface area contributed by atoms with Crippen LogP contribution in [0.5, 0.6) is 0 Å². The Morgan fingerprint density at radius 1 is 1.39 bits per heavy atom. The van der Waals surface area contributed by atoms with Crippen LogP contribution in [0.25, 0.3) is 0 Å². The SMILES string of the molecule is C=CCSc1ccc(S(=O)(=O)N2CCCC2)cn1. The molecule has 2 rings (SSSR count). The van der Waals surface area contributed by atoms with Gasteiger partial charge < -0.3 is 0 Å². The van der Waals surface area contributed by atoms with Gasteiger partial charge >= 0.3 is 0 Å². The molecule has 1 saturated heterocycles. The first-order chi connectivity index (χ1) is 8.64. The van der Waals surface area contributed by atoms with Crippen LogP contribution in [0.4, 0.5) is 0 Å². The van der Waals surface area contributed by atoms with Crippen molar-refractivity contribution in [3.05, 3.63) is 31.0 Å². The fourth-order valence-corrected chi connectivity index (χ4v) is 3.87. The average molecular weight is 284 g/mol. The minimum absolute atomic E-state index is 0.285. The zero-order valence-electron chi connectivity index (χ0n) is 10.1. The second-order valence-corrected chi connectivity index (χ2v) is 7.02. The molecule has 18 heavy (non-hydrogen) atoms. The molecule has 6 heteroatoms. The summed E-state index contributed by atoms with van der Waals surface area (Å²) >= 11 is 1.53. The Bertz CT molecular complexity index is 505. The molecule has 1 aliphatic heterocycles. The van der Waals surface area contributed by atoms with Crippen LogP contribution in [0.3, 0.4) is 0 Å². The fourth-order valence-electron chi connectivity index (χ4n) is 1.83. The monoisotopic (exact) mass is 284 g/mol. The van der Waals surface area contributed by atoms with Crippen LogP contribution in [-0.4, -0.2) is 36.5 Å². The number of pyridine rings is 1. The maximum atomic E-state index is 12.2. The summed E-state index contributed by atoms with van der Waals surface area (Å²) in [6, 6.07) is 3.38. The highest BCUT2D eigenvalue weighted by atomic mass is 32.2. The Balaban J connectivity index is 2.15. The number of nitrogens with zero attached hydrogens (tertiary/aromatic N) is 2. The molecular weight excluding hydrogens is 268 g/mol. The Kier molecular flexibility index (Phi) is 4.42. The molecular formula is C12H16N2O2S2. The van der Waals surface area contributed by atoms with Gasteiger partial charge in [0.15, 0.2) is 0 Å². The van der Waals surface area contributed by atoms with Crippen LogP contribution in [0.1, 0.15) is 12.8 Å². The second kappa shape index (κ2) is 5.86. The van der Waals surface area contributed by atoms with Crippen molar-refractivity contribution < 1.29 is 8.42 Å². The number of rotatable bonds is 5. The first-order valence-corrected chi connectivity index (χ1v) is 8.27. The number of thioether (sulfide) groups is 1. The summed E-state index contributed by atoms with van der Waals surface area (Å²) < 4.78 is 26.0. The second-order valence-electron chi connectivity index (χ2n) is 4.04. The molecule has 0 N–H and O–H groups in total. The van der Waals surface area contributed by atoms with Crippen molar-refractivity contribution in [1.29, 1.82) is 0 Å². The molecule has 0 spiro atoms. The molecule has 0 amide bonds. The van der Waals surface area contributed by atoms with Gasteiger partial charge in [0.2, 0.25) is 10.0 Å². The maximum absolute atomic E-state index is 12.2. The van der Waals surface area contributed by atoms with Crippen molar-refractivity contribution in [2.75, 3.05) is 18.8 Å². The van der Waals surface area contributed by atoms with Gasteiger partial charge in [-0.05, 0) is 25.0 Å².